The van der Waals surface area contributed by atoms with Crippen LogP contribution in [-0.4, -0.2) is 33.1 Å². The first kappa shape index (κ1) is 23.9. The number of benzene rings is 2. The van der Waals surface area contributed by atoms with Crippen LogP contribution in [0.2, 0.25) is 10.0 Å². The third kappa shape index (κ3) is 8.58. The van der Waals surface area contributed by atoms with Gasteiger partial charge in [0.1, 0.15) is 18.5 Å². The molecule has 11 heteroatoms. The molecule has 8 nitrogen and oxygen atoms in total. The molecule has 1 heterocycles. The second-order valence-electron chi connectivity index (χ2n) is 5.82. The second-order valence-corrected chi connectivity index (χ2v) is 7.58. The quantitative estimate of drug-likeness (QED) is 0.242. The SMILES string of the molecule is Clc1ccc(C(Cn2ccnc2)OCCOc2ccc(Br)cc2)c(Cl)c1.O=[N+]([O-])O. The van der Waals surface area contributed by atoms with Gasteiger partial charge < -0.3 is 19.2 Å². The number of ether oxygens (including phenoxy) is 2. The average Bonchev–Trinajstić information content (AvgIpc) is 3.19. The summed E-state index contributed by atoms with van der Waals surface area (Å²) < 4.78 is 14.7. The lowest BCUT2D eigenvalue weighted by Crippen LogP contribution is -2.16. The topological polar surface area (TPSA) is 99.7 Å². The van der Waals surface area contributed by atoms with Crippen molar-refractivity contribution in [2.75, 3.05) is 13.2 Å². The Kier molecular flexibility index (Phi) is 9.88. The number of halogens is 3. The molecule has 0 spiro atoms. The normalized spacial score (nSPS) is 11.3. The summed E-state index contributed by atoms with van der Waals surface area (Å²) >= 11 is 15.8. The molecule has 160 valence electrons. The van der Waals surface area contributed by atoms with Crippen molar-refractivity contribution in [2.24, 2.45) is 0 Å². The Labute approximate surface area is 191 Å². The van der Waals surface area contributed by atoms with Gasteiger partial charge in [0.2, 0.25) is 0 Å². The van der Waals surface area contributed by atoms with Gasteiger partial charge in [0.05, 0.1) is 19.5 Å². The van der Waals surface area contributed by atoms with E-state index in [0.29, 0.717) is 29.8 Å². The third-order valence-corrected chi connectivity index (χ3v) is 4.82. The van der Waals surface area contributed by atoms with Crippen LogP contribution in [0, 0.1) is 10.1 Å². The van der Waals surface area contributed by atoms with Gasteiger partial charge in [0, 0.05) is 32.5 Å². The number of hydrogen-bond donors (Lipinski definition) is 1. The van der Waals surface area contributed by atoms with Crippen LogP contribution in [0.3, 0.4) is 0 Å². The minimum atomic E-state index is -1.50. The van der Waals surface area contributed by atoms with Crippen LogP contribution in [0.15, 0.2) is 65.7 Å². The second kappa shape index (κ2) is 12.4. The van der Waals surface area contributed by atoms with Crippen LogP contribution in [0.5, 0.6) is 5.75 Å². The van der Waals surface area contributed by atoms with Crippen molar-refractivity contribution in [3.63, 3.8) is 0 Å². The highest BCUT2D eigenvalue weighted by Gasteiger charge is 2.16. The Morgan fingerprint density at radius 1 is 1.20 bits per heavy atom. The Bertz CT molecular complexity index is 922. The zero-order chi connectivity index (χ0) is 21.9. The van der Waals surface area contributed by atoms with Crippen molar-refractivity contribution in [1.29, 1.82) is 0 Å². The number of rotatable bonds is 8. The molecule has 0 fully saturated rings. The molecule has 1 unspecified atom stereocenters. The lowest BCUT2D eigenvalue weighted by molar-refractivity contribution is -0.742. The van der Waals surface area contributed by atoms with E-state index in [9.17, 15) is 0 Å². The molecule has 0 radical (unpaired) electrons. The first-order valence-electron chi connectivity index (χ1n) is 8.59. The zero-order valence-electron chi connectivity index (χ0n) is 15.5. The Morgan fingerprint density at radius 3 is 2.50 bits per heavy atom. The summed E-state index contributed by atoms with van der Waals surface area (Å²) in [4.78, 5) is 12.4. The molecule has 0 aliphatic rings. The largest absolute Gasteiger partial charge is 0.491 e. The molecule has 3 aromatic rings. The average molecular weight is 519 g/mol. The molecule has 0 saturated heterocycles. The molecule has 1 N–H and O–H groups in total. The molecular formula is C19H18BrCl2N3O5. The Balaban J connectivity index is 0.000000735. The van der Waals surface area contributed by atoms with Crippen LogP contribution >= 0.6 is 39.1 Å². The summed E-state index contributed by atoms with van der Waals surface area (Å²) in [6, 6.07) is 13.1. The molecular weight excluding hydrogens is 501 g/mol. The molecule has 0 bridgehead atoms. The van der Waals surface area contributed by atoms with Crippen LogP contribution in [-0.2, 0) is 11.3 Å². The molecule has 3 rings (SSSR count). The summed E-state index contributed by atoms with van der Waals surface area (Å²) in [5.74, 6) is 0.799. The highest BCUT2D eigenvalue weighted by molar-refractivity contribution is 9.10. The van der Waals surface area contributed by atoms with Crippen molar-refractivity contribution in [3.05, 3.63) is 91.4 Å². The van der Waals surface area contributed by atoms with Gasteiger partial charge in [-0.1, -0.05) is 45.2 Å². The van der Waals surface area contributed by atoms with Gasteiger partial charge in [0.25, 0.3) is 5.09 Å². The van der Waals surface area contributed by atoms with Gasteiger partial charge in [-0.2, -0.15) is 0 Å². The number of imidazole rings is 1. The van der Waals surface area contributed by atoms with E-state index < -0.39 is 5.09 Å². The monoisotopic (exact) mass is 517 g/mol. The fraction of sp³-hybridized carbons (Fsp3) is 0.211. The Hall–Kier alpha value is -2.33. The van der Waals surface area contributed by atoms with E-state index in [1.165, 1.54) is 0 Å². The number of aromatic nitrogens is 2. The fourth-order valence-corrected chi connectivity index (χ4v) is 3.26. The van der Waals surface area contributed by atoms with E-state index >= 15 is 0 Å². The minimum Gasteiger partial charge on any atom is -0.491 e. The third-order valence-electron chi connectivity index (χ3n) is 3.73. The molecule has 0 aliphatic heterocycles. The maximum absolute atomic E-state index is 8.36. The van der Waals surface area contributed by atoms with Crippen molar-refractivity contribution in [3.8, 4) is 5.75 Å². The van der Waals surface area contributed by atoms with E-state index in [-0.39, 0.29) is 6.10 Å². The number of nitrogens with zero attached hydrogens (tertiary/aromatic N) is 3. The van der Waals surface area contributed by atoms with E-state index in [1.54, 1.807) is 18.6 Å². The predicted molar refractivity (Wildman–Crippen MR) is 116 cm³/mol. The van der Waals surface area contributed by atoms with Gasteiger partial charge in [-0.05, 0) is 36.4 Å². The highest BCUT2D eigenvalue weighted by atomic mass is 79.9. The summed E-state index contributed by atoms with van der Waals surface area (Å²) in [5, 5.41) is 14.8. The first-order valence-corrected chi connectivity index (χ1v) is 10.1. The Morgan fingerprint density at radius 2 is 1.90 bits per heavy atom. The fourth-order valence-electron chi connectivity index (χ4n) is 2.47. The van der Waals surface area contributed by atoms with Gasteiger partial charge >= 0.3 is 0 Å². The predicted octanol–water partition coefficient (Wildman–Crippen LogP) is 5.44. The standard InChI is InChI=1S/C19H17BrCl2N2O2.HNO3/c20-14-1-4-16(5-2-14)25-9-10-26-19(12-24-8-7-23-13-24)17-6-3-15(21)11-18(17)22;2-1(3)4/h1-8,11,13,19H,9-10,12H2;(H,2,3,4). The van der Waals surface area contributed by atoms with Gasteiger partial charge in [-0.3, -0.25) is 0 Å². The smallest absolute Gasteiger partial charge is 0.291 e. The lowest BCUT2D eigenvalue weighted by Gasteiger charge is -2.20. The van der Waals surface area contributed by atoms with Crippen LogP contribution in [0.4, 0.5) is 0 Å². The van der Waals surface area contributed by atoms with E-state index in [4.69, 9.17) is 48.0 Å². The van der Waals surface area contributed by atoms with Crippen molar-refractivity contribution in [2.45, 2.75) is 12.6 Å². The van der Waals surface area contributed by atoms with E-state index in [2.05, 4.69) is 20.9 Å². The van der Waals surface area contributed by atoms with Gasteiger partial charge in [0.15, 0.2) is 0 Å². The van der Waals surface area contributed by atoms with Gasteiger partial charge in [-0.15, -0.1) is 10.1 Å². The van der Waals surface area contributed by atoms with Crippen LogP contribution < -0.4 is 4.74 Å². The molecule has 0 saturated carbocycles. The molecule has 1 aromatic heterocycles. The zero-order valence-corrected chi connectivity index (χ0v) is 18.6. The van der Waals surface area contributed by atoms with Gasteiger partial charge in [-0.25, -0.2) is 4.98 Å². The van der Waals surface area contributed by atoms with Crippen molar-refractivity contribution >= 4 is 39.1 Å². The maximum Gasteiger partial charge on any atom is 0.291 e. The first-order chi connectivity index (χ1) is 14.3. The van der Waals surface area contributed by atoms with E-state index in [1.807, 2.05) is 47.2 Å². The molecule has 1 atom stereocenters. The summed E-state index contributed by atoms with van der Waals surface area (Å²) in [6.45, 7) is 1.46. The van der Waals surface area contributed by atoms with E-state index in [0.717, 1.165) is 15.8 Å². The summed E-state index contributed by atoms with van der Waals surface area (Å²) in [5.41, 5.74) is 0.883. The highest BCUT2D eigenvalue weighted by Crippen LogP contribution is 2.29. The lowest BCUT2D eigenvalue weighted by atomic mass is 10.1. The van der Waals surface area contributed by atoms with Crippen molar-refractivity contribution < 1.29 is 19.8 Å². The summed E-state index contributed by atoms with van der Waals surface area (Å²) in [6.07, 6.45) is 5.14. The number of hydrogen-bond acceptors (Lipinski definition) is 5. The molecule has 2 aromatic carbocycles. The molecule has 0 aliphatic carbocycles. The van der Waals surface area contributed by atoms with Crippen molar-refractivity contribution in [1.82, 2.24) is 9.55 Å². The summed E-state index contributed by atoms with van der Waals surface area (Å²) in [7, 11) is 0. The van der Waals surface area contributed by atoms with Crippen LogP contribution in [0.1, 0.15) is 11.7 Å². The minimum absolute atomic E-state index is 0.234. The molecule has 30 heavy (non-hydrogen) atoms. The van der Waals surface area contributed by atoms with Crippen LogP contribution in [0.25, 0.3) is 0 Å². The maximum atomic E-state index is 8.36. The molecule has 0 amide bonds.